The highest BCUT2D eigenvalue weighted by Crippen LogP contribution is 2.26. The van der Waals surface area contributed by atoms with E-state index in [2.05, 4.69) is 10.6 Å². The van der Waals surface area contributed by atoms with Gasteiger partial charge in [0.15, 0.2) is 0 Å². The molecule has 9 nitrogen and oxygen atoms in total. The average molecular weight is 488 g/mol. The van der Waals surface area contributed by atoms with Crippen LogP contribution < -0.4 is 15.4 Å². The van der Waals surface area contributed by atoms with E-state index in [1.165, 1.54) is 19.2 Å². The smallest absolute Gasteiger partial charge is 0.335 e. The molecule has 4 amide bonds. The molecule has 180 valence electrons. The third-order valence-electron chi connectivity index (χ3n) is 5.66. The summed E-state index contributed by atoms with van der Waals surface area (Å²) < 4.78 is 5.35. The van der Waals surface area contributed by atoms with Crippen LogP contribution in [0.1, 0.15) is 40.9 Å². The van der Waals surface area contributed by atoms with E-state index >= 15 is 0 Å². The highest BCUT2D eigenvalue weighted by Gasteiger charge is 2.35. The number of carbonyl (C=O) groups excluding carboxylic acids is 3. The van der Waals surface area contributed by atoms with Gasteiger partial charge in [0.1, 0.15) is 12.3 Å². The van der Waals surface area contributed by atoms with Crippen molar-refractivity contribution in [2.24, 2.45) is 5.92 Å². The SMILES string of the molecule is CC[C@@H](NC(=O)N1CC(=O)NCC(Cc2cc(Cl)ccc2OC)C1=O)c1cccc(C(=O)O)c1. The molecule has 2 atom stereocenters. The maximum Gasteiger partial charge on any atom is 0.335 e. The van der Waals surface area contributed by atoms with Gasteiger partial charge in [-0.1, -0.05) is 30.7 Å². The van der Waals surface area contributed by atoms with Gasteiger partial charge in [0.05, 0.1) is 24.6 Å². The van der Waals surface area contributed by atoms with E-state index in [9.17, 15) is 24.3 Å². The number of ether oxygens (including phenoxy) is 1. The van der Waals surface area contributed by atoms with Crippen LogP contribution in [0.4, 0.5) is 4.79 Å². The minimum atomic E-state index is -1.08. The van der Waals surface area contributed by atoms with Crippen molar-refractivity contribution in [1.29, 1.82) is 0 Å². The van der Waals surface area contributed by atoms with E-state index in [4.69, 9.17) is 16.3 Å². The lowest BCUT2D eigenvalue weighted by Crippen LogP contribution is -2.48. The zero-order valence-corrected chi connectivity index (χ0v) is 19.6. The fourth-order valence-electron chi connectivity index (χ4n) is 3.86. The summed E-state index contributed by atoms with van der Waals surface area (Å²) in [6.07, 6.45) is 0.663. The summed E-state index contributed by atoms with van der Waals surface area (Å²) in [4.78, 5) is 50.9. The van der Waals surface area contributed by atoms with Crippen molar-refractivity contribution in [3.05, 3.63) is 64.2 Å². The van der Waals surface area contributed by atoms with Crippen LogP contribution in [0.25, 0.3) is 0 Å². The molecule has 0 saturated carbocycles. The molecular formula is C24H26ClN3O6. The number of carboxylic acids is 1. The summed E-state index contributed by atoms with van der Waals surface area (Å²) in [5, 5.41) is 15.2. The molecule has 0 aromatic heterocycles. The number of benzene rings is 2. The first kappa shape index (κ1) is 25.0. The summed E-state index contributed by atoms with van der Waals surface area (Å²) in [5.74, 6) is -2.20. The average Bonchev–Trinajstić information content (AvgIpc) is 2.96. The van der Waals surface area contributed by atoms with Crippen molar-refractivity contribution >= 4 is 35.4 Å². The molecule has 1 heterocycles. The molecule has 2 aromatic rings. The van der Waals surface area contributed by atoms with Gasteiger partial charge in [-0.05, 0) is 54.3 Å². The third-order valence-corrected chi connectivity index (χ3v) is 5.89. The number of carboxylic acid groups (broad SMARTS) is 1. The van der Waals surface area contributed by atoms with Crippen LogP contribution in [0.5, 0.6) is 5.75 Å². The second kappa shape index (κ2) is 11.0. The number of amides is 4. The number of imide groups is 1. The van der Waals surface area contributed by atoms with E-state index in [0.717, 1.165) is 4.90 Å². The lowest BCUT2D eigenvalue weighted by Gasteiger charge is -2.25. The molecule has 1 aliphatic rings. The molecule has 3 rings (SSSR count). The summed E-state index contributed by atoms with van der Waals surface area (Å²) >= 11 is 6.10. The Balaban J connectivity index is 1.81. The number of hydrogen-bond acceptors (Lipinski definition) is 5. The van der Waals surface area contributed by atoms with Crippen molar-refractivity contribution in [2.45, 2.75) is 25.8 Å². The van der Waals surface area contributed by atoms with Gasteiger partial charge < -0.3 is 20.5 Å². The minimum Gasteiger partial charge on any atom is -0.496 e. The van der Waals surface area contributed by atoms with Gasteiger partial charge in [0.25, 0.3) is 0 Å². The number of nitrogens with one attached hydrogen (secondary N) is 2. The monoisotopic (exact) mass is 487 g/mol. The van der Waals surface area contributed by atoms with E-state index in [0.29, 0.717) is 28.3 Å². The quantitative estimate of drug-likeness (QED) is 0.551. The minimum absolute atomic E-state index is 0.0645. The van der Waals surface area contributed by atoms with E-state index in [1.54, 1.807) is 30.3 Å². The highest BCUT2D eigenvalue weighted by atomic mass is 35.5. The Hall–Kier alpha value is -3.59. The Bertz CT molecular complexity index is 1110. The zero-order chi connectivity index (χ0) is 24.8. The van der Waals surface area contributed by atoms with Gasteiger partial charge in [-0.15, -0.1) is 0 Å². The Morgan fingerprint density at radius 3 is 2.71 bits per heavy atom. The Labute approximate surface area is 202 Å². The van der Waals surface area contributed by atoms with Gasteiger partial charge in [-0.3, -0.25) is 14.5 Å². The predicted molar refractivity (Wildman–Crippen MR) is 125 cm³/mol. The normalized spacial score (nSPS) is 16.9. The van der Waals surface area contributed by atoms with Gasteiger partial charge in [-0.2, -0.15) is 0 Å². The Morgan fingerprint density at radius 1 is 1.26 bits per heavy atom. The largest absolute Gasteiger partial charge is 0.496 e. The summed E-state index contributed by atoms with van der Waals surface area (Å²) in [5.41, 5.74) is 1.36. The molecular weight excluding hydrogens is 462 g/mol. The molecule has 0 aliphatic carbocycles. The number of carbonyl (C=O) groups is 4. The second-order valence-corrected chi connectivity index (χ2v) is 8.36. The first-order valence-electron chi connectivity index (χ1n) is 10.8. The van der Waals surface area contributed by atoms with Gasteiger partial charge in [0, 0.05) is 11.6 Å². The van der Waals surface area contributed by atoms with Crippen LogP contribution in [0, 0.1) is 5.92 Å². The molecule has 10 heteroatoms. The van der Waals surface area contributed by atoms with Crippen molar-refractivity contribution in [1.82, 2.24) is 15.5 Å². The Morgan fingerprint density at radius 2 is 2.03 bits per heavy atom. The molecule has 1 fully saturated rings. The van der Waals surface area contributed by atoms with E-state index in [-0.39, 0.29) is 18.5 Å². The zero-order valence-electron chi connectivity index (χ0n) is 18.8. The number of halogens is 1. The van der Waals surface area contributed by atoms with Gasteiger partial charge in [0.2, 0.25) is 11.8 Å². The van der Waals surface area contributed by atoms with Gasteiger partial charge >= 0.3 is 12.0 Å². The topological polar surface area (TPSA) is 125 Å². The van der Waals surface area contributed by atoms with Crippen molar-refractivity contribution in [3.8, 4) is 5.75 Å². The molecule has 34 heavy (non-hydrogen) atoms. The molecule has 0 radical (unpaired) electrons. The van der Waals surface area contributed by atoms with Crippen LogP contribution in [0.15, 0.2) is 42.5 Å². The third kappa shape index (κ3) is 5.85. The number of hydrogen-bond donors (Lipinski definition) is 3. The second-order valence-electron chi connectivity index (χ2n) is 7.93. The van der Waals surface area contributed by atoms with Crippen molar-refractivity contribution in [2.75, 3.05) is 20.2 Å². The van der Waals surface area contributed by atoms with Crippen LogP contribution in [0.3, 0.4) is 0 Å². The fraction of sp³-hybridized carbons (Fsp3) is 0.333. The first-order valence-corrected chi connectivity index (χ1v) is 11.2. The first-order chi connectivity index (χ1) is 16.2. The molecule has 3 N–H and O–H groups in total. The molecule has 1 aliphatic heterocycles. The van der Waals surface area contributed by atoms with E-state index < -0.39 is 42.3 Å². The van der Waals surface area contributed by atoms with Crippen molar-refractivity contribution in [3.63, 3.8) is 0 Å². The summed E-state index contributed by atoms with van der Waals surface area (Å²) in [7, 11) is 1.51. The number of nitrogens with zero attached hydrogens (tertiary/aromatic N) is 1. The molecule has 2 aromatic carbocycles. The number of methoxy groups -OCH3 is 1. The standard InChI is InChI=1S/C24H26ClN3O6/c1-3-19(14-5-4-6-15(9-14)23(31)32)27-24(33)28-13-21(29)26-12-17(22(28)30)10-16-11-18(25)7-8-20(16)34-2/h4-9,11,17,19H,3,10,12-13H2,1-2H3,(H,26,29)(H,27,33)(H,31,32)/t17?,19-/m1/s1. The van der Waals surface area contributed by atoms with E-state index in [1.807, 2.05) is 6.92 Å². The number of rotatable bonds is 7. The number of urea groups is 1. The van der Waals surface area contributed by atoms with Crippen LogP contribution in [0.2, 0.25) is 5.02 Å². The molecule has 1 saturated heterocycles. The van der Waals surface area contributed by atoms with Crippen LogP contribution in [-0.2, 0) is 16.0 Å². The lowest BCUT2D eigenvalue weighted by molar-refractivity contribution is -0.133. The highest BCUT2D eigenvalue weighted by molar-refractivity contribution is 6.30. The molecule has 0 bridgehead atoms. The van der Waals surface area contributed by atoms with Gasteiger partial charge in [-0.25, -0.2) is 9.59 Å². The number of aromatic carboxylic acids is 1. The predicted octanol–water partition coefficient (Wildman–Crippen LogP) is 3.02. The van der Waals surface area contributed by atoms with Crippen LogP contribution >= 0.6 is 11.6 Å². The summed E-state index contributed by atoms with van der Waals surface area (Å²) in [6.45, 7) is 1.47. The van der Waals surface area contributed by atoms with Crippen molar-refractivity contribution < 1.29 is 29.0 Å². The fourth-order valence-corrected chi connectivity index (χ4v) is 4.06. The summed E-state index contributed by atoms with van der Waals surface area (Å²) in [6, 6.07) is 10.0. The lowest BCUT2D eigenvalue weighted by atomic mass is 9.97. The molecule has 0 spiro atoms. The van der Waals surface area contributed by atoms with Crippen LogP contribution in [-0.4, -0.2) is 54.0 Å². The Kier molecular flexibility index (Phi) is 8.12. The maximum absolute atomic E-state index is 13.3. The maximum atomic E-state index is 13.3. The molecule has 1 unspecified atom stereocenters.